The molecule has 6 heteroatoms. The van der Waals surface area contributed by atoms with Crippen molar-refractivity contribution in [1.29, 1.82) is 0 Å². The molecule has 2 fully saturated rings. The number of hydrogen-bond acceptors (Lipinski definition) is 4. The Kier molecular flexibility index (Phi) is 2.91. The van der Waals surface area contributed by atoms with Gasteiger partial charge in [0.2, 0.25) is 11.8 Å². The SMILES string of the molecule is CN1C(=O)CC(NC(=O)C2(C)CCNC2)C1=O. The molecular weight excluding hydrogens is 222 g/mol. The van der Waals surface area contributed by atoms with Crippen molar-refractivity contribution >= 4 is 17.7 Å². The van der Waals surface area contributed by atoms with Gasteiger partial charge in [0, 0.05) is 13.6 Å². The smallest absolute Gasteiger partial charge is 0.252 e. The predicted molar refractivity (Wildman–Crippen MR) is 59.9 cm³/mol. The van der Waals surface area contributed by atoms with Crippen LogP contribution in [-0.4, -0.2) is 48.8 Å². The predicted octanol–water partition coefficient (Wildman–Crippen LogP) is -1.14. The van der Waals surface area contributed by atoms with Crippen molar-refractivity contribution in [3.63, 3.8) is 0 Å². The Morgan fingerprint density at radius 2 is 2.24 bits per heavy atom. The molecule has 0 bridgehead atoms. The molecule has 0 aromatic rings. The minimum atomic E-state index is -0.683. The number of carbonyl (C=O) groups is 3. The average molecular weight is 239 g/mol. The van der Waals surface area contributed by atoms with E-state index < -0.39 is 11.5 Å². The van der Waals surface area contributed by atoms with Crippen LogP contribution < -0.4 is 10.6 Å². The third kappa shape index (κ3) is 2.04. The van der Waals surface area contributed by atoms with Crippen molar-refractivity contribution < 1.29 is 14.4 Å². The van der Waals surface area contributed by atoms with E-state index in [9.17, 15) is 14.4 Å². The first-order valence-electron chi connectivity index (χ1n) is 5.76. The number of rotatable bonds is 2. The third-order valence-electron chi connectivity index (χ3n) is 3.60. The van der Waals surface area contributed by atoms with Crippen LogP contribution in [0.4, 0.5) is 0 Å². The molecule has 2 aliphatic heterocycles. The van der Waals surface area contributed by atoms with Gasteiger partial charge < -0.3 is 10.6 Å². The number of hydrogen-bond donors (Lipinski definition) is 2. The van der Waals surface area contributed by atoms with Gasteiger partial charge in [-0.1, -0.05) is 0 Å². The maximum atomic E-state index is 12.0. The summed E-state index contributed by atoms with van der Waals surface area (Å²) in [5, 5.41) is 5.81. The first-order valence-corrected chi connectivity index (χ1v) is 5.76. The van der Waals surface area contributed by atoms with Crippen LogP contribution in [0.5, 0.6) is 0 Å². The van der Waals surface area contributed by atoms with Crippen LogP contribution in [-0.2, 0) is 14.4 Å². The highest BCUT2D eigenvalue weighted by Crippen LogP contribution is 2.25. The van der Waals surface area contributed by atoms with Gasteiger partial charge >= 0.3 is 0 Å². The Balaban J connectivity index is 2.00. The topological polar surface area (TPSA) is 78.5 Å². The van der Waals surface area contributed by atoms with Gasteiger partial charge in [0.25, 0.3) is 5.91 Å². The lowest BCUT2D eigenvalue weighted by Gasteiger charge is -2.23. The molecule has 17 heavy (non-hydrogen) atoms. The number of carbonyl (C=O) groups excluding carboxylic acids is 3. The fourth-order valence-corrected chi connectivity index (χ4v) is 2.21. The summed E-state index contributed by atoms with van der Waals surface area (Å²) in [4.78, 5) is 36.1. The second kappa shape index (κ2) is 4.10. The van der Waals surface area contributed by atoms with Gasteiger partial charge in [0.05, 0.1) is 11.8 Å². The first-order chi connectivity index (χ1) is 7.94. The molecule has 2 saturated heterocycles. The van der Waals surface area contributed by atoms with E-state index in [1.807, 2.05) is 6.92 Å². The standard InChI is InChI=1S/C11H17N3O3/c1-11(3-4-12-6-11)10(17)13-7-5-8(15)14(2)9(7)16/h7,12H,3-6H2,1-2H3,(H,13,17). The van der Waals surface area contributed by atoms with Crippen LogP contribution in [0.1, 0.15) is 19.8 Å². The molecule has 2 unspecified atom stereocenters. The summed E-state index contributed by atoms with van der Waals surface area (Å²) in [5.41, 5.74) is -0.468. The zero-order valence-corrected chi connectivity index (χ0v) is 10.1. The van der Waals surface area contributed by atoms with E-state index in [4.69, 9.17) is 0 Å². The fraction of sp³-hybridized carbons (Fsp3) is 0.727. The van der Waals surface area contributed by atoms with Gasteiger partial charge in [-0.25, -0.2) is 0 Å². The van der Waals surface area contributed by atoms with Crippen molar-refractivity contribution in [1.82, 2.24) is 15.5 Å². The van der Waals surface area contributed by atoms with E-state index in [2.05, 4.69) is 10.6 Å². The molecule has 2 heterocycles. The van der Waals surface area contributed by atoms with E-state index in [0.717, 1.165) is 17.9 Å². The number of nitrogens with one attached hydrogen (secondary N) is 2. The van der Waals surface area contributed by atoms with Gasteiger partial charge in [-0.3, -0.25) is 19.3 Å². The summed E-state index contributed by atoms with van der Waals surface area (Å²) in [6.45, 7) is 3.29. The summed E-state index contributed by atoms with van der Waals surface area (Å²) < 4.78 is 0. The first kappa shape index (κ1) is 12.0. The van der Waals surface area contributed by atoms with Gasteiger partial charge in [0.1, 0.15) is 6.04 Å². The van der Waals surface area contributed by atoms with E-state index in [0.29, 0.717) is 6.54 Å². The molecule has 2 aliphatic rings. The number of likely N-dealkylation sites (tertiary alicyclic amines) is 1. The maximum absolute atomic E-state index is 12.0. The van der Waals surface area contributed by atoms with Crippen LogP contribution in [0.25, 0.3) is 0 Å². The van der Waals surface area contributed by atoms with Crippen molar-refractivity contribution in [2.45, 2.75) is 25.8 Å². The number of amides is 3. The molecule has 0 radical (unpaired) electrons. The van der Waals surface area contributed by atoms with E-state index in [1.165, 1.54) is 7.05 Å². The molecule has 2 atom stereocenters. The molecule has 0 aromatic heterocycles. The largest absolute Gasteiger partial charge is 0.343 e. The summed E-state index contributed by atoms with van der Waals surface area (Å²) in [7, 11) is 1.44. The van der Waals surface area contributed by atoms with Crippen molar-refractivity contribution in [2.24, 2.45) is 5.41 Å². The van der Waals surface area contributed by atoms with E-state index >= 15 is 0 Å². The quantitative estimate of drug-likeness (QED) is 0.597. The average Bonchev–Trinajstić information content (AvgIpc) is 2.82. The highest BCUT2D eigenvalue weighted by Gasteiger charge is 2.42. The van der Waals surface area contributed by atoms with Gasteiger partial charge in [-0.15, -0.1) is 0 Å². The molecule has 0 aliphatic carbocycles. The van der Waals surface area contributed by atoms with E-state index in [-0.39, 0.29) is 24.1 Å². The van der Waals surface area contributed by atoms with Crippen molar-refractivity contribution in [2.75, 3.05) is 20.1 Å². The molecule has 3 amide bonds. The molecule has 0 aromatic carbocycles. The van der Waals surface area contributed by atoms with Crippen LogP contribution in [0.15, 0.2) is 0 Å². The molecule has 6 nitrogen and oxygen atoms in total. The number of imide groups is 1. The minimum Gasteiger partial charge on any atom is -0.343 e. The lowest BCUT2D eigenvalue weighted by Crippen LogP contribution is -2.47. The Labute approximate surface area is 99.7 Å². The lowest BCUT2D eigenvalue weighted by atomic mass is 9.88. The summed E-state index contributed by atoms with van der Waals surface area (Å²) >= 11 is 0. The Morgan fingerprint density at radius 1 is 1.53 bits per heavy atom. The molecule has 2 rings (SSSR count). The molecule has 0 spiro atoms. The summed E-state index contributed by atoms with van der Waals surface area (Å²) in [6, 6.07) is -0.683. The monoisotopic (exact) mass is 239 g/mol. The molecule has 94 valence electrons. The van der Waals surface area contributed by atoms with Crippen molar-refractivity contribution in [3.05, 3.63) is 0 Å². The Morgan fingerprint density at radius 3 is 2.71 bits per heavy atom. The Hall–Kier alpha value is -1.43. The third-order valence-corrected chi connectivity index (χ3v) is 3.60. The Bertz CT molecular complexity index is 374. The van der Waals surface area contributed by atoms with Gasteiger partial charge in [-0.2, -0.15) is 0 Å². The number of nitrogens with zero attached hydrogens (tertiary/aromatic N) is 1. The van der Waals surface area contributed by atoms with Crippen LogP contribution in [0, 0.1) is 5.41 Å². The number of likely N-dealkylation sites (N-methyl/N-ethyl adjacent to an activating group) is 1. The second-order valence-electron chi connectivity index (χ2n) is 5.01. The van der Waals surface area contributed by atoms with Crippen LogP contribution in [0.3, 0.4) is 0 Å². The fourth-order valence-electron chi connectivity index (χ4n) is 2.21. The van der Waals surface area contributed by atoms with Crippen LogP contribution in [0.2, 0.25) is 0 Å². The zero-order chi connectivity index (χ0) is 12.6. The molecule has 2 N–H and O–H groups in total. The summed E-state index contributed by atoms with van der Waals surface area (Å²) in [5.74, 6) is -0.711. The van der Waals surface area contributed by atoms with E-state index in [1.54, 1.807) is 0 Å². The second-order valence-corrected chi connectivity index (χ2v) is 5.01. The van der Waals surface area contributed by atoms with Gasteiger partial charge in [-0.05, 0) is 19.9 Å². The zero-order valence-electron chi connectivity index (χ0n) is 10.1. The maximum Gasteiger partial charge on any atom is 0.252 e. The highest BCUT2D eigenvalue weighted by molar-refractivity contribution is 6.06. The molecular formula is C11H17N3O3. The minimum absolute atomic E-state index is 0.0740. The lowest BCUT2D eigenvalue weighted by molar-refractivity contribution is -0.139. The van der Waals surface area contributed by atoms with Crippen LogP contribution >= 0.6 is 0 Å². The molecule has 0 saturated carbocycles. The highest BCUT2D eigenvalue weighted by atomic mass is 16.2. The summed E-state index contributed by atoms with van der Waals surface area (Å²) in [6.07, 6.45) is 0.827. The van der Waals surface area contributed by atoms with Crippen molar-refractivity contribution in [3.8, 4) is 0 Å². The van der Waals surface area contributed by atoms with Gasteiger partial charge in [0.15, 0.2) is 0 Å². The normalized spacial score (nSPS) is 33.3.